The second kappa shape index (κ2) is 6.11. The molecule has 0 unspecified atom stereocenters. The highest BCUT2D eigenvalue weighted by atomic mass is 14.9. The lowest BCUT2D eigenvalue weighted by Gasteiger charge is -2.37. The zero-order chi connectivity index (χ0) is 14.5. The number of hydrogen-bond acceptors (Lipinski definition) is 1. The van der Waals surface area contributed by atoms with E-state index in [-0.39, 0.29) is 5.54 Å². The smallest absolute Gasteiger partial charge is 0.0942 e. The van der Waals surface area contributed by atoms with Crippen molar-refractivity contribution in [3.63, 3.8) is 0 Å². The monoisotopic (exact) mass is 275 g/mol. The molecule has 0 fully saturated rings. The van der Waals surface area contributed by atoms with Crippen LogP contribution in [0.3, 0.4) is 0 Å². The lowest BCUT2D eigenvalue weighted by Crippen LogP contribution is -2.42. The molecule has 2 aromatic rings. The molecule has 0 radical (unpaired) electrons. The summed E-state index contributed by atoms with van der Waals surface area (Å²) in [5.74, 6) is 0. The molecule has 0 heterocycles. The summed E-state index contributed by atoms with van der Waals surface area (Å²) in [4.78, 5) is 0. The van der Waals surface area contributed by atoms with E-state index in [0.29, 0.717) is 0 Å². The average molecular weight is 275 g/mol. The van der Waals surface area contributed by atoms with Crippen LogP contribution in [0.15, 0.2) is 84.5 Å². The van der Waals surface area contributed by atoms with Crippen LogP contribution in [0.25, 0.3) is 0 Å². The average Bonchev–Trinajstić information content (AvgIpc) is 2.59. The fraction of sp³-hybridized carbons (Fsp3) is 0.200. The van der Waals surface area contributed by atoms with Gasteiger partial charge in [0.05, 0.1) is 5.54 Å². The second-order valence-electron chi connectivity index (χ2n) is 5.37. The third-order valence-electron chi connectivity index (χ3n) is 4.22. The first kappa shape index (κ1) is 13.8. The number of benzene rings is 2. The van der Waals surface area contributed by atoms with Crippen LogP contribution in [-0.2, 0) is 5.54 Å². The van der Waals surface area contributed by atoms with Crippen LogP contribution in [0.5, 0.6) is 0 Å². The van der Waals surface area contributed by atoms with E-state index in [1.807, 2.05) is 7.05 Å². The van der Waals surface area contributed by atoms with Crippen molar-refractivity contribution in [2.75, 3.05) is 7.05 Å². The van der Waals surface area contributed by atoms with Gasteiger partial charge in [0.15, 0.2) is 0 Å². The van der Waals surface area contributed by atoms with Gasteiger partial charge in [0.1, 0.15) is 0 Å². The normalized spacial score (nSPS) is 14.8. The zero-order valence-corrected chi connectivity index (χ0v) is 12.4. The molecular formula is C20H21N. The highest BCUT2D eigenvalue weighted by Crippen LogP contribution is 2.38. The van der Waals surface area contributed by atoms with Crippen LogP contribution in [0.2, 0.25) is 0 Å². The van der Waals surface area contributed by atoms with Gasteiger partial charge in [0, 0.05) is 0 Å². The maximum Gasteiger partial charge on any atom is 0.0942 e. The number of likely N-dealkylation sites (N-methyl/N-ethyl adjacent to an activating group) is 1. The van der Waals surface area contributed by atoms with E-state index >= 15 is 0 Å². The summed E-state index contributed by atoms with van der Waals surface area (Å²) >= 11 is 0. The number of hydrogen-bond donors (Lipinski definition) is 1. The molecule has 0 atom stereocenters. The minimum absolute atomic E-state index is 0.278. The summed E-state index contributed by atoms with van der Waals surface area (Å²) in [5, 5.41) is 3.60. The van der Waals surface area contributed by atoms with Crippen LogP contribution in [-0.4, -0.2) is 7.05 Å². The molecule has 1 nitrogen and oxygen atoms in total. The molecule has 0 bridgehead atoms. The maximum atomic E-state index is 3.60. The molecule has 0 saturated heterocycles. The summed E-state index contributed by atoms with van der Waals surface area (Å²) in [6.45, 7) is 0. The second-order valence-corrected chi connectivity index (χ2v) is 5.37. The third kappa shape index (κ3) is 2.45. The van der Waals surface area contributed by atoms with E-state index < -0.39 is 0 Å². The predicted octanol–water partition coefficient (Wildman–Crippen LogP) is 4.43. The molecule has 2 aromatic carbocycles. The Morgan fingerprint density at radius 2 is 1.38 bits per heavy atom. The fourth-order valence-electron chi connectivity index (χ4n) is 3.20. The van der Waals surface area contributed by atoms with Crippen molar-refractivity contribution in [3.05, 3.63) is 95.6 Å². The van der Waals surface area contributed by atoms with Gasteiger partial charge in [-0.1, -0.05) is 78.9 Å². The molecule has 0 amide bonds. The minimum atomic E-state index is -0.278. The largest absolute Gasteiger partial charge is 0.303 e. The molecule has 0 saturated carbocycles. The highest BCUT2D eigenvalue weighted by molar-refractivity contribution is 5.51. The van der Waals surface area contributed by atoms with Gasteiger partial charge in [-0.25, -0.2) is 0 Å². The van der Waals surface area contributed by atoms with E-state index in [1.54, 1.807) is 0 Å². The fourth-order valence-corrected chi connectivity index (χ4v) is 3.20. The standard InChI is InChI=1S/C20H21N/c1-21-20(17-11-5-2-6-12-17,18-13-7-3-8-14-18)19-15-9-4-10-16-19/h2-3,5-9,11-16,21H,4,10H2,1H3. The Kier molecular flexibility index (Phi) is 4.03. The quantitative estimate of drug-likeness (QED) is 0.870. The summed E-state index contributed by atoms with van der Waals surface area (Å²) < 4.78 is 0. The zero-order valence-electron chi connectivity index (χ0n) is 12.4. The number of nitrogens with one attached hydrogen (secondary N) is 1. The molecule has 21 heavy (non-hydrogen) atoms. The van der Waals surface area contributed by atoms with Crippen LogP contribution >= 0.6 is 0 Å². The first-order chi connectivity index (χ1) is 10.4. The van der Waals surface area contributed by atoms with E-state index in [0.717, 1.165) is 12.8 Å². The van der Waals surface area contributed by atoms with Crippen LogP contribution in [0.1, 0.15) is 24.0 Å². The molecule has 3 rings (SSSR count). The minimum Gasteiger partial charge on any atom is -0.303 e. The summed E-state index contributed by atoms with van der Waals surface area (Å²) in [6.07, 6.45) is 9.13. The van der Waals surface area contributed by atoms with Gasteiger partial charge in [-0.2, -0.15) is 0 Å². The first-order valence-electron chi connectivity index (χ1n) is 7.55. The van der Waals surface area contributed by atoms with Crippen molar-refractivity contribution < 1.29 is 0 Å². The summed E-state index contributed by atoms with van der Waals surface area (Å²) in [6, 6.07) is 21.4. The van der Waals surface area contributed by atoms with Gasteiger partial charge >= 0.3 is 0 Å². The van der Waals surface area contributed by atoms with Crippen molar-refractivity contribution in [2.24, 2.45) is 0 Å². The molecular weight excluding hydrogens is 254 g/mol. The van der Waals surface area contributed by atoms with Gasteiger partial charge in [-0.15, -0.1) is 0 Å². The number of rotatable bonds is 4. The van der Waals surface area contributed by atoms with Gasteiger partial charge in [0.25, 0.3) is 0 Å². The highest BCUT2D eigenvalue weighted by Gasteiger charge is 2.35. The van der Waals surface area contributed by atoms with Gasteiger partial charge in [-0.3, -0.25) is 0 Å². The van der Waals surface area contributed by atoms with Crippen molar-refractivity contribution >= 4 is 0 Å². The predicted molar refractivity (Wildman–Crippen MR) is 89.2 cm³/mol. The van der Waals surface area contributed by atoms with Gasteiger partial charge in [-0.05, 0) is 36.6 Å². The number of allylic oxidation sites excluding steroid dienone is 2. The van der Waals surface area contributed by atoms with Crippen LogP contribution in [0, 0.1) is 0 Å². The first-order valence-corrected chi connectivity index (χ1v) is 7.55. The Morgan fingerprint density at radius 1 is 0.810 bits per heavy atom. The van der Waals surface area contributed by atoms with Gasteiger partial charge in [0.2, 0.25) is 0 Å². The van der Waals surface area contributed by atoms with Crippen LogP contribution in [0.4, 0.5) is 0 Å². The SMILES string of the molecule is CNC(C1=CCCC=C1)(c1ccccc1)c1ccccc1. The van der Waals surface area contributed by atoms with Crippen molar-refractivity contribution in [1.82, 2.24) is 5.32 Å². The van der Waals surface area contributed by atoms with E-state index in [2.05, 4.69) is 84.2 Å². The lowest BCUT2D eigenvalue weighted by atomic mass is 9.75. The third-order valence-corrected chi connectivity index (χ3v) is 4.22. The topological polar surface area (TPSA) is 12.0 Å². The van der Waals surface area contributed by atoms with Crippen molar-refractivity contribution in [3.8, 4) is 0 Å². The molecule has 1 aliphatic carbocycles. The Hall–Kier alpha value is -2.12. The maximum absolute atomic E-state index is 3.60. The van der Waals surface area contributed by atoms with Crippen molar-refractivity contribution in [2.45, 2.75) is 18.4 Å². The molecule has 106 valence electrons. The molecule has 0 aliphatic heterocycles. The Bertz CT molecular complexity index is 599. The molecule has 1 N–H and O–H groups in total. The Labute approximate surface area is 127 Å². The van der Waals surface area contributed by atoms with E-state index in [4.69, 9.17) is 0 Å². The lowest BCUT2D eigenvalue weighted by molar-refractivity contribution is 0.520. The molecule has 0 aromatic heterocycles. The van der Waals surface area contributed by atoms with Gasteiger partial charge < -0.3 is 5.32 Å². The van der Waals surface area contributed by atoms with E-state index in [1.165, 1.54) is 16.7 Å². The Morgan fingerprint density at radius 3 is 1.81 bits per heavy atom. The van der Waals surface area contributed by atoms with Crippen LogP contribution < -0.4 is 5.32 Å². The van der Waals surface area contributed by atoms with Crippen molar-refractivity contribution in [1.29, 1.82) is 0 Å². The van der Waals surface area contributed by atoms with E-state index in [9.17, 15) is 0 Å². The molecule has 1 heteroatoms. The molecule has 1 aliphatic rings. The Balaban J connectivity index is 2.23. The molecule has 0 spiro atoms. The summed E-state index contributed by atoms with van der Waals surface area (Å²) in [5.41, 5.74) is 3.60. The summed E-state index contributed by atoms with van der Waals surface area (Å²) in [7, 11) is 2.04.